The van der Waals surface area contributed by atoms with Gasteiger partial charge in [0.2, 0.25) is 0 Å². The number of Topliss-reactive ketones (excluding diaryl/α,β-unsaturated/α-hetero) is 1. The molecule has 0 spiro atoms. The van der Waals surface area contributed by atoms with Crippen molar-refractivity contribution in [3.8, 4) is 11.5 Å². The van der Waals surface area contributed by atoms with Gasteiger partial charge in [0.05, 0.1) is 26.3 Å². The van der Waals surface area contributed by atoms with Crippen LogP contribution in [0.2, 0.25) is 0 Å². The Hall–Kier alpha value is -2.38. The van der Waals surface area contributed by atoms with Crippen LogP contribution < -0.4 is 14.4 Å². The molecule has 2 aromatic carbocycles. The molecule has 1 atom stereocenters. The molecule has 0 radical (unpaired) electrons. The Balaban J connectivity index is 1.97. The molecule has 7 heteroatoms. The second kappa shape index (κ2) is 6.74. The van der Waals surface area contributed by atoms with Crippen LogP contribution in [-0.2, 0) is 10.4 Å². The molecule has 6 nitrogen and oxygen atoms in total. The van der Waals surface area contributed by atoms with E-state index < -0.39 is 11.5 Å². The van der Waals surface area contributed by atoms with E-state index in [1.807, 2.05) is 0 Å². The molecule has 1 N–H and O–H groups in total. The quantitative estimate of drug-likeness (QED) is 0.753. The third-order valence-corrected chi connectivity index (χ3v) is 5.04. The van der Waals surface area contributed by atoms with E-state index in [4.69, 9.17) is 9.47 Å². The number of nitrogens with zero attached hydrogens (tertiary/aromatic N) is 1. The minimum Gasteiger partial charge on any atom is -0.493 e. The second-order valence-electron chi connectivity index (χ2n) is 6.06. The van der Waals surface area contributed by atoms with Gasteiger partial charge in [-0.3, -0.25) is 9.59 Å². The minimum absolute atomic E-state index is 0.329. The number of methoxy groups -OCH3 is 2. The maximum absolute atomic E-state index is 12.8. The van der Waals surface area contributed by atoms with Crippen LogP contribution in [-0.4, -0.2) is 38.1 Å². The van der Waals surface area contributed by atoms with Gasteiger partial charge in [-0.05, 0) is 36.4 Å². The lowest BCUT2D eigenvalue weighted by atomic mass is 9.88. The molecule has 0 saturated carbocycles. The van der Waals surface area contributed by atoms with Gasteiger partial charge in [0, 0.05) is 22.6 Å². The number of likely N-dealkylation sites (N-methyl/N-ethyl adjacent to an activating group) is 1. The summed E-state index contributed by atoms with van der Waals surface area (Å²) in [6, 6.07) is 9.91. The van der Waals surface area contributed by atoms with E-state index in [-0.39, 0.29) is 12.2 Å². The van der Waals surface area contributed by atoms with E-state index in [1.165, 1.54) is 25.2 Å². The molecule has 1 aliphatic rings. The van der Waals surface area contributed by atoms with Gasteiger partial charge in [0.15, 0.2) is 22.9 Å². The maximum atomic E-state index is 12.8. The Morgan fingerprint density at radius 1 is 1.15 bits per heavy atom. The molecule has 136 valence electrons. The number of benzene rings is 2. The zero-order valence-electron chi connectivity index (χ0n) is 14.6. The van der Waals surface area contributed by atoms with E-state index in [2.05, 4.69) is 15.9 Å². The Morgan fingerprint density at radius 2 is 1.85 bits per heavy atom. The number of ketones is 1. The Labute approximate surface area is 159 Å². The summed E-state index contributed by atoms with van der Waals surface area (Å²) in [5.74, 6) is -0.000444. The van der Waals surface area contributed by atoms with Crippen molar-refractivity contribution in [1.82, 2.24) is 0 Å². The Morgan fingerprint density at radius 3 is 2.50 bits per heavy atom. The summed E-state index contributed by atoms with van der Waals surface area (Å²) in [5, 5.41) is 11.1. The summed E-state index contributed by atoms with van der Waals surface area (Å²) in [7, 11) is 4.56. The Kier molecular flexibility index (Phi) is 4.77. The number of aliphatic hydroxyl groups is 1. The second-order valence-corrected chi connectivity index (χ2v) is 6.97. The lowest BCUT2D eigenvalue weighted by Crippen LogP contribution is -2.40. The number of carbonyl (C=O) groups is 2. The van der Waals surface area contributed by atoms with Gasteiger partial charge in [-0.2, -0.15) is 0 Å². The first-order chi connectivity index (χ1) is 12.3. The van der Waals surface area contributed by atoms with E-state index in [9.17, 15) is 14.7 Å². The molecule has 1 aliphatic heterocycles. The molecule has 26 heavy (non-hydrogen) atoms. The Bertz CT molecular complexity index is 897. The van der Waals surface area contributed by atoms with E-state index >= 15 is 0 Å². The molecule has 2 aromatic rings. The number of carbonyl (C=O) groups excluding carboxylic acids is 2. The number of fused-ring (bicyclic) bond motifs is 1. The molecule has 0 aliphatic carbocycles. The number of rotatable bonds is 5. The minimum atomic E-state index is -1.90. The highest BCUT2D eigenvalue weighted by atomic mass is 79.9. The number of ether oxygens (including phenoxy) is 2. The number of halogens is 1. The van der Waals surface area contributed by atoms with Crippen LogP contribution in [0.3, 0.4) is 0 Å². The topological polar surface area (TPSA) is 76.1 Å². The van der Waals surface area contributed by atoms with Crippen molar-refractivity contribution >= 4 is 33.3 Å². The van der Waals surface area contributed by atoms with Gasteiger partial charge >= 0.3 is 0 Å². The summed E-state index contributed by atoms with van der Waals surface area (Å²) in [5.41, 5.74) is -0.582. The third kappa shape index (κ3) is 2.87. The number of anilines is 1. The number of amides is 1. The molecule has 1 amide bonds. The van der Waals surface area contributed by atoms with Crippen molar-refractivity contribution in [2.45, 2.75) is 12.0 Å². The number of hydrogen-bond acceptors (Lipinski definition) is 5. The van der Waals surface area contributed by atoms with Crippen molar-refractivity contribution in [2.75, 3.05) is 26.2 Å². The fraction of sp³-hybridized carbons (Fsp3) is 0.263. The zero-order valence-corrected chi connectivity index (χ0v) is 16.2. The van der Waals surface area contributed by atoms with Crippen LogP contribution in [0.4, 0.5) is 5.69 Å². The van der Waals surface area contributed by atoms with Crippen LogP contribution in [0.25, 0.3) is 0 Å². The SMILES string of the molecule is COc1ccc(C(=O)C[C@@]2(O)C(=O)N(C)c3ccc(Br)cc32)cc1OC. The first-order valence-electron chi connectivity index (χ1n) is 7.87. The van der Waals surface area contributed by atoms with Crippen molar-refractivity contribution in [1.29, 1.82) is 0 Å². The molecule has 3 rings (SSSR count). The van der Waals surface area contributed by atoms with Crippen LogP contribution in [0, 0.1) is 0 Å². The number of hydrogen-bond donors (Lipinski definition) is 1. The van der Waals surface area contributed by atoms with Crippen LogP contribution in [0.15, 0.2) is 40.9 Å². The molecular weight excluding hydrogens is 402 g/mol. The standard InChI is InChI=1S/C19H18BrNO5/c1-21-14-6-5-12(20)9-13(14)19(24,18(21)23)10-15(22)11-4-7-16(25-2)17(8-11)26-3/h4-9,24H,10H2,1-3H3/t19-/m0/s1. The third-order valence-electron chi connectivity index (χ3n) is 4.55. The molecular formula is C19H18BrNO5. The van der Waals surface area contributed by atoms with Crippen LogP contribution >= 0.6 is 15.9 Å². The van der Waals surface area contributed by atoms with Gasteiger partial charge in [0.1, 0.15) is 0 Å². The van der Waals surface area contributed by atoms with Gasteiger partial charge < -0.3 is 19.5 Å². The van der Waals surface area contributed by atoms with E-state index in [0.29, 0.717) is 28.3 Å². The highest BCUT2D eigenvalue weighted by molar-refractivity contribution is 9.10. The van der Waals surface area contributed by atoms with Gasteiger partial charge in [-0.25, -0.2) is 0 Å². The van der Waals surface area contributed by atoms with Crippen molar-refractivity contribution in [3.05, 3.63) is 52.0 Å². The van der Waals surface area contributed by atoms with Crippen molar-refractivity contribution < 1.29 is 24.2 Å². The van der Waals surface area contributed by atoms with E-state index in [0.717, 1.165) is 4.47 Å². The highest BCUT2D eigenvalue weighted by Gasteiger charge is 2.49. The monoisotopic (exact) mass is 419 g/mol. The summed E-state index contributed by atoms with van der Waals surface area (Å²) >= 11 is 3.35. The van der Waals surface area contributed by atoms with Crippen LogP contribution in [0.1, 0.15) is 22.3 Å². The average Bonchev–Trinajstić information content (AvgIpc) is 2.82. The summed E-state index contributed by atoms with van der Waals surface area (Å²) in [6.07, 6.45) is -0.366. The average molecular weight is 420 g/mol. The normalized spacial score (nSPS) is 18.7. The predicted molar refractivity (Wildman–Crippen MR) is 99.9 cm³/mol. The largest absolute Gasteiger partial charge is 0.493 e. The highest BCUT2D eigenvalue weighted by Crippen LogP contribution is 2.43. The predicted octanol–water partition coefficient (Wildman–Crippen LogP) is 2.90. The molecule has 0 fully saturated rings. The summed E-state index contributed by atoms with van der Waals surface area (Å²) in [4.78, 5) is 26.8. The molecule has 0 saturated heterocycles. The van der Waals surface area contributed by atoms with Gasteiger partial charge in [-0.1, -0.05) is 15.9 Å². The fourth-order valence-corrected chi connectivity index (χ4v) is 3.51. The molecule has 0 aromatic heterocycles. The van der Waals surface area contributed by atoms with E-state index in [1.54, 1.807) is 37.4 Å². The molecule has 0 unspecified atom stereocenters. The summed E-state index contributed by atoms with van der Waals surface area (Å²) in [6.45, 7) is 0. The lowest BCUT2D eigenvalue weighted by molar-refractivity contribution is -0.135. The maximum Gasteiger partial charge on any atom is 0.263 e. The van der Waals surface area contributed by atoms with Gasteiger partial charge in [-0.15, -0.1) is 0 Å². The summed E-state index contributed by atoms with van der Waals surface area (Å²) < 4.78 is 11.1. The van der Waals surface area contributed by atoms with Crippen LogP contribution in [0.5, 0.6) is 11.5 Å². The first-order valence-corrected chi connectivity index (χ1v) is 8.67. The zero-order chi connectivity index (χ0) is 19.1. The van der Waals surface area contributed by atoms with Crippen molar-refractivity contribution in [3.63, 3.8) is 0 Å². The molecule has 1 heterocycles. The smallest absolute Gasteiger partial charge is 0.263 e. The lowest BCUT2D eigenvalue weighted by Gasteiger charge is -2.21. The fourth-order valence-electron chi connectivity index (χ4n) is 3.15. The molecule has 0 bridgehead atoms. The van der Waals surface area contributed by atoms with Crippen molar-refractivity contribution in [2.24, 2.45) is 0 Å². The van der Waals surface area contributed by atoms with Gasteiger partial charge in [0.25, 0.3) is 5.91 Å². The first kappa shape index (κ1) is 18.4.